The Labute approximate surface area is 459 Å². The molecule has 0 heterocycles. The molecule has 1 atom stereocenters. The Hall–Kier alpha value is -3.15. The molecule has 0 rings (SSSR count). The molecule has 6 nitrogen and oxygen atoms in total. The van der Waals surface area contributed by atoms with E-state index in [0.29, 0.717) is 19.3 Å². The van der Waals surface area contributed by atoms with Crippen LogP contribution in [0, 0.1) is 0 Å². The average Bonchev–Trinajstić information content (AvgIpc) is 3.40. The van der Waals surface area contributed by atoms with E-state index >= 15 is 0 Å². The van der Waals surface area contributed by atoms with Crippen LogP contribution in [0.25, 0.3) is 0 Å². The number of carbonyl (C=O) groups is 3. The van der Waals surface area contributed by atoms with Gasteiger partial charge in [0.2, 0.25) is 0 Å². The zero-order valence-electron chi connectivity index (χ0n) is 49.1. The number of rotatable bonds is 58. The van der Waals surface area contributed by atoms with Crippen molar-refractivity contribution in [2.45, 2.75) is 329 Å². The molecule has 0 aromatic heterocycles. The Morgan fingerprint density at radius 2 is 0.527 bits per heavy atom. The van der Waals surface area contributed by atoms with Crippen molar-refractivity contribution in [3.63, 3.8) is 0 Å². The fourth-order valence-electron chi connectivity index (χ4n) is 9.13. The molecule has 0 aromatic rings. The predicted octanol–water partition coefficient (Wildman–Crippen LogP) is 21.7. The molecule has 0 saturated carbocycles. The summed E-state index contributed by atoms with van der Waals surface area (Å²) in [5.41, 5.74) is 0. The summed E-state index contributed by atoms with van der Waals surface area (Å²) in [6.07, 6.45) is 80.4. The first-order chi connectivity index (χ1) is 36.5. The van der Waals surface area contributed by atoms with Gasteiger partial charge >= 0.3 is 17.9 Å². The molecule has 0 amide bonds. The molecule has 0 fully saturated rings. The van der Waals surface area contributed by atoms with E-state index in [4.69, 9.17) is 14.2 Å². The summed E-state index contributed by atoms with van der Waals surface area (Å²) in [6, 6.07) is 0. The van der Waals surface area contributed by atoms with Crippen molar-refractivity contribution in [2.75, 3.05) is 13.2 Å². The summed E-state index contributed by atoms with van der Waals surface area (Å²) in [5.74, 6) is -0.879. The maximum Gasteiger partial charge on any atom is 0.306 e. The first-order valence-electron chi connectivity index (χ1n) is 31.9. The number of esters is 3. The van der Waals surface area contributed by atoms with Gasteiger partial charge in [0.15, 0.2) is 6.10 Å². The van der Waals surface area contributed by atoms with Crippen molar-refractivity contribution in [1.82, 2.24) is 0 Å². The second-order valence-electron chi connectivity index (χ2n) is 21.3. The third-order valence-corrected chi connectivity index (χ3v) is 13.9. The van der Waals surface area contributed by atoms with Gasteiger partial charge in [-0.2, -0.15) is 0 Å². The van der Waals surface area contributed by atoms with Gasteiger partial charge < -0.3 is 14.2 Å². The lowest BCUT2D eigenvalue weighted by Gasteiger charge is -2.18. The van der Waals surface area contributed by atoms with Gasteiger partial charge in [-0.05, 0) is 109 Å². The van der Waals surface area contributed by atoms with Gasteiger partial charge in [-0.1, -0.05) is 267 Å². The van der Waals surface area contributed by atoms with E-state index in [2.05, 4.69) is 93.7 Å². The van der Waals surface area contributed by atoms with Crippen LogP contribution in [0.15, 0.2) is 72.9 Å². The Balaban J connectivity index is 4.34. The highest BCUT2D eigenvalue weighted by Gasteiger charge is 2.19. The number of carbonyl (C=O) groups excluding carboxylic acids is 3. The molecule has 0 bridgehead atoms. The van der Waals surface area contributed by atoms with Crippen LogP contribution in [0.4, 0.5) is 0 Å². The van der Waals surface area contributed by atoms with Crippen molar-refractivity contribution >= 4 is 17.9 Å². The summed E-state index contributed by atoms with van der Waals surface area (Å²) in [6.45, 7) is 6.54. The quantitative estimate of drug-likeness (QED) is 0.0261. The van der Waals surface area contributed by atoms with Crippen LogP contribution in [0.2, 0.25) is 0 Å². The lowest BCUT2D eigenvalue weighted by Crippen LogP contribution is -2.30. The molecular weight excluding hydrogens is 913 g/mol. The fourth-order valence-corrected chi connectivity index (χ4v) is 9.13. The first kappa shape index (κ1) is 70.8. The van der Waals surface area contributed by atoms with Crippen LogP contribution < -0.4 is 0 Å². The van der Waals surface area contributed by atoms with Gasteiger partial charge in [-0.3, -0.25) is 14.4 Å². The number of ether oxygens (including phenoxy) is 3. The maximum atomic E-state index is 12.9. The summed E-state index contributed by atoms with van der Waals surface area (Å²) in [5, 5.41) is 0. The van der Waals surface area contributed by atoms with Gasteiger partial charge in [0.25, 0.3) is 0 Å². The summed E-state index contributed by atoms with van der Waals surface area (Å²) >= 11 is 0. The number of unbranched alkanes of at least 4 members (excludes halogenated alkanes) is 35. The van der Waals surface area contributed by atoms with Crippen LogP contribution in [0.5, 0.6) is 0 Å². The van der Waals surface area contributed by atoms with Gasteiger partial charge in [0.1, 0.15) is 13.2 Å². The minimum Gasteiger partial charge on any atom is -0.462 e. The lowest BCUT2D eigenvalue weighted by molar-refractivity contribution is -0.167. The van der Waals surface area contributed by atoms with Crippen LogP contribution in [-0.2, 0) is 28.6 Å². The third kappa shape index (κ3) is 59.7. The fraction of sp³-hybridized carbons (Fsp3) is 0.779. The van der Waals surface area contributed by atoms with E-state index in [0.717, 1.165) is 89.9 Å². The maximum absolute atomic E-state index is 12.9. The average molecular weight is 1030 g/mol. The van der Waals surface area contributed by atoms with E-state index < -0.39 is 6.10 Å². The van der Waals surface area contributed by atoms with Crippen LogP contribution in [0.3, 0.4) is 0 Å². The van der Waals surface area contributed by atoms with Crippen LogP contribution >= 0.6 is 0 Å². The van der Waals surface area contributed by atoms with E-state index in [1.54, 1.807) is 0 Å². The highest BCUT2D eigenvalue weighted by atomic mass is 16.6. The third-order valence-electron chi connectivity index (χ3n) is 13.9. The smallest absolute Gasteiger partial charge is 0.306 e. The monoisotopic (exact) mass is 1030 g/mol. The second kappa shape index (κ2) is 62.4. The molecule has 74 heavy (non-hydrogen) atoms. The molecule has 6 heteroatoms. The topological polar surface area (TPSA) is 78.9 Å². The minimum atomic E-state index is -0.782. The predicted molar refractivity (Wildman–Crippen MR) is 321 cm³/mol. The summed E-state index contributed by atoms with van der Waals surface area (Å²) in [7, 11) is 0. The Morgan fingerprint density at radius 3 is 0.838 bits per heavy atom. The molecule has 0 aliphatic carbocycles. The Morgan fingerprint density at radius 1 is 0.284 bits per heavy atom. The van der Waals surface area contributed by atoms with E-state index in [1.165, 1.54) is 193 Å². The largest absolute Gasteiger partial charge is 0.462 e. The van der Waals surface area contributed by atoms with Crippen molar-refractivity contribution in [2.24, 2.45) is 0 Å². The van der Waals surface area contributed by atoms with Gasteiger partial charge in [0, 0.05) is 19.3 Å². The SMILES string of the molecule is CC/C=C\C/C=C\C/C=C\C/C=C\CCCCCCCCCCCCC(=O)OCC(COC(=O)CCCCCCC/C=C\CCCCCCC)OC(=O)CCCCCCCCCCC/C=C\CCCCCCCC. The lowest BCUT2D eigenvalue weighted by atomic mass is 10.0. The molecule has 0 aromatic carbocycles. The first-order valence-corrected chi connectivity index (χ1v) is 31.9. The van der Waals surface area contributed by atoms with Gasteiger partial charge in [-0.15, -0.1) is 0 Å². The summed E-state index contributed by atoms with van der Waals surface area (Å²) < 4.78 is 16.9. The highest BCUT2D eigenvalue weighted by Crippen LogP contribution is 2.16. The standard InChI is InChI=1S/C68H120O6/c1-4-7-10-13-16-19-22-25-28-30-32-33-34-35-37-38-40-43-46-49-52-55-58-61-67(70)73-64-65(63-72-66(69)60-57-54-51-48-45-42-27-24-21-18-15-12-9-6-3)74-68(71)62-59-56-53-50-47-44-41-39-36-31-29-26-23-20-17-14-11-8-5-2/h7,10,16,19,24-29,32-33,65H,4-6,8-9,11-15,17-18,20-23,30-31,34-64H2,1-3H3/b10-7-,19-16-,27-24-,28-25-,29-26-,33-32-. The Bertz CT molecular complexity index is 1370. The molecule has 0 saturated heterocycles. The molecule has 0 N–H and O–H groups in total. The molecule has 428 valence electrons. The van der Waals surface area contributed by atoms with E-state index in [-0.39, 0.29) is 31.1 Å². The molecule has 0 aliphatic heterocycles. The van der Waals surface area contributed by atoms with Crippen molar-refractivity contribution in [1.29, 1.82) is 0 Å². The van der Waals surface area contributed by atoms with Crippen molar-refractivity contribution in [3.8, 4) is 0 Å². The van der Waals surface area contributed by atoms with E-state index in [1.807, 2.05) is 0 Å². The van der Waals surface area contributed by atoms with E-state index in [9.17, 15) is 14.4 Å². The van der Waals surface area contributed by atoms with Gasteiger partial charge in [0.05, 0.1) is 0 Å². The summed E-state index contributed by atoms with van der Waals surface area (Å²) in [4.78, 5) is 38.3. The van der Waals surface area contributed by atoms with Crippen LogP contribution in [0.1, 0.15) is 323 Å². The van der Waals surface area contributed by atoms with Crippen molar-refractivity contribution in [3.05, 3.63) is 72.9 Å². The highest BCUT2D eigenvalue weighted by molar-refractivity contribution is 5.71. The molecule has 0 radical (unpaired) electrons. The molecular formula is C68H120O6. The second-order valence-corrected chi connectivity index (χ2v) is 21.3. The molecule has 1 unspecified atom stereocenters. The normalized spacial score (nSPS) is 12.5. The minimum absolute atomic E-state index is 0.0793. The zero-order chi connectivity index (χ0) is 53.6. The Kier molecular flexibility index (Phi) is 59.7. The molecule has 0 aliphatic rings. The number of allylic oxidation sites excluding steroid dienone is 12. The number of hydrogen-bond donors (Lipinski definition) is 0. The molecule has 0 spiro atoms. The van der Waals surface area contributed by atoms with Crippen molar-refractivity contribution < 1.29 is 28.6 Å². The van der Waals surface area contributed by atoms with Crippen LogP contribution in [-0.4, -0.2) is 37.2 Å². The number of hydrogen-bond acceptors (Lipinski definition) is 6. The zero-order valence-corrected chi connectivity index (χ0v) is 49.1. The van der Waals surface area contributed by atoms with Gasteiger partial charge in [-0.25, -0.2) is 0 Å².